The Morgan fingerprint density at radius 3 is 2.64 bits per heavy atom. The molecule has 120 valence electrons. The van der Waals surface area contributed by atoms with Crippen molar-refractivity contribution < 1.29 is 9.90 Å². The topological polar surface area (TPSA) is 37.3 Å². The number of hydrogen-bond acceptors (Lipinski definition) is 1. The van der Waals surface area contributed by atoms with Crippen molar-refractivity contribution in [3.8, 4) is 0 Å². The summed E-state index contributed by atoms with van der Waals surface area (Å²) in [6.07, 6.45) is 9.58. The standard InChI is InChI=1S/C20H28O2/c1-13(2)14-6-8-16-15(12-14)7-9-17-19(16,3)10-5-11-20(17,4)18(21)22/h12,17H,1,5-11H2,2-4H3,(H,21,22). The Bertz CT molecular complexity index is 595. The molecule has 1 saturated carbocycles. The summed E-state index contributed by atoms with van der Waals surface area (Å²) < 4.78 is 0. The van der Waals surface area contributed by atoms with Crippen LogP contribution in [0.3, 0.4) is 0 Å². The van der Waals surface area contributed by atoms with Crippen LogP contribution in [0.25, 0.3) is 0 Å². The van der Waals surface area contributed by atoms with Crippen molar-refractivity contribution in [2.45, 2.75) is 65.7 Å². The molecular weight excluding hydrogens is 272 g/mol. The van der Waals surface area contributed by atoms with Crippen molar-refractivity contribution in [2.75, 3.05) is 0 Å². The van der Waals surface area contributed by atoms with E-state index in [1.54, 1.807) is 5.57 Å². The minimum atomic E-state index is -0.596. The molecule has 0 amide bonds. The monoisotopic (exact) mass is 300 g/mol. The lowest BCUT2D eigenvalue weighted by molar-refractivity contribution is -0.159. The van der Waals surface area contributed by atoms with Gasteiger partial charge in [0.1, 0.15) is 0 Å². The Labute approximate surface area is 134 Å². The van der Waals surface area contributed by atoms with Gasteiger partial charge in [-0.15, -0.1) is 0 Å². The quantitative estimate of drug-likeness (QED) is 0.754. The molecule has 0 aromatic carbocycles. The van der Waals surface area contributed by atoms with E-state index in [1.165, 1.54) is 16.7 Å². The van der Waals surface area contributed by atoms with E-state index in [-0.39, 0.29) is 11.3 Å². The smallest absolute Gasteiger partial charge is 0.309 e. The summed E-state index contributed by atoms with van der Waals surface area (Å²) in [7, 11) is 0. The first-order chi connectivity index (χ1) is 10.3. The maximum Gasteiger partial charge on any atom is 0.309 e. The SMILES string of the molecule is C=C(C)C1=CC2=C(CC1)C1(C)CCCC(C)(C(=O)O)C1CC2. The summed E-state index contributed by atoms with van der Waals surface area (Å²) in [5.74, 6) is -0.314. The second-order valence-electron chi connectivity index (χ2n) is 8.04. The number of aliphatic carboxylic acids is 1. The van der Waals surface area contributed by atoms with Gasteiger partial charge in [-0.1, -0.05) is 37.1 Å². The fraction of sp³-hybridized carbons (Fsp3) is 0.650. The fourth-order valence-electron chi connectivity index (χ4n) is 5.43. The second kappa shape index (κ2) is 5.11. The van der Waals surface area contributed by atoms with Crippen LogP contribution >= 0.6 is 0 Å². The van der Waals surface area contributed by atoms with Crippen molar-refractivity contribution in [1.82, 2.24) is 0 Å². The minimum Gasteiger partial charge on any atom is -0.481 e. The number of fused-ring (bicyclic) bond motifs is 2. The van der Waals surface area contributed by atoms with E-state index in [2.05, 4.69) is 26.5 Å². The van der Waals surface area contributed by atoms with E-state index in [9.17, 15) is 9.90 Å². The minimum absolute atomic E-state index is 0.0794. The molecule has 0 radical (unpaired) electrons. The molecule has 1 N–H and O–H groups in total. The highest BCUT2D eigenvalue weighted by Crippen LogP contribution is 2.61. The molecule has 2 nitrogen and oxygen atoms in total. The van der Waals surface area contributed by atoms with Gasteiger partial charge < -0.3 is 5.11 Å². The molecule has 3 aliphatic rings. The van der Waals surface area contributed by atoms with Gasteiger partial charge in [-0.05, 0) is 74.9 Å². The van der Waals surface area contributed by atoms with Gasteiger partial charge in [0.25, 0.3) is 0 Å². The van der Waals surface area contributed by atoms with Crippen molar-refractivity contribution >= 4 is 5.97 Å². The van der Waals surface area contributed by atoms with Crippen LogP contribution in [-0.2, 0) is 4.79 Å². The first-order valence-electron chi connectivity index (χ1n) is 8.61. The van der Waals surface area contributed by atoms with Gasteiger partial charge in [-0.3, -0.25) is 4.79 Å². The Balaban J connectivity index is 2.04. The molecule has 0 aromatic rings. The average molecular weight is 300 g/mol. The molecule has 1 fully saturated rings. The van der Waals surface area contributed by atoms with Crippen LogP contribution in [0.2, 0.25) is 0 Å². The van der Waals surface area contributed by atoms with Crippen molar-refractivity contribution in [1.29, 1.82) is 0 Å². The van der Waals surface area contributed by atoms with E-state index < -0.39 is 11.4 Å². The lowest BCUT2D eigenvalue weighted by Gasteiger charge is -2.55. The van der Waals surface area contributed by atoms with E-state index in [0.29, 0.717) is 0 Å². The zero-order chi connectivity index (χ0) is 16.1. The molecule has 0 saturated heterocycles. The average Bonchev–Trinajstić information content (AvgIpc) is 2.46. The highest BCUT2D eigenvalue weighted by atomic mass is 16.4. The first kappa shape index (κ1) is 15.6. The third-order valence-corrected chi connectivity index (χ3v) is 6.74. The maximum atomic E-state index is 11.9. The summed E-state index contributed by atoms with van der Waals surface area (Å²) in [5.41, 5.74) is 5.13. The zero-order valence-corrected chi connectivity index (χ0v) is 14.2. The molecule has 3 unspecified atom stereocenters. The Kier molecular flexibility index (Phi) is 3.62. The number of rotatable bonds is 2. The Hall–Kier alpha value is -1.31. The first-order valence-corrected chi connectivity index (χ1v) is 8.61. The molecule has 22 heavy (non-hydrogen) atoms. The zero-order valence-electron chi connectivity index (χ0n) is 14.2. The van der Waals surface area contributed by atoms with E-state index in [1.807, 2.05) is 6.92 Å². The summed E-state index contributed by atoms with van der Waals surface area (Å²) >= 11 is 0. The van der Waals surface area contributed by atoms with Gasteiger partial charge in [-0.2, -0.15) is 0 Å². The number of hydrogen-bond donors (Lipinski definition) is 1. The normalized spacial score (nSPS) is 38.0. The van der Waals surface area contributed by atoms with Crippen LogP contribution in [0.1, 0.15) is 65.7 Å². The lowest BCUT2D eigenvalue weighted by Crippen LogP contribution is -2.50. The number of carboxylic acids is 1. The number of allylic oxidation sites excluding steroid dienone is 5. The molecule has 0 heterocycles. The highest BCUT2D eigenvalue weighted by Gasteiger charge is 2.55. The predicted octanol–water partition coefficient (Wildman–Crippen LogP) is 5.27. The summed E-state index contributed by atoms with van der Waals surface area (Å²) in [6, 6.07) is 0. The van der Waals surface area contributed by atoms with Gasteiger partial charge in [-0.25, -0.2) is 0 Å². The molecular formula is C20H28O2. The van der Waals surface area contributed by atoms with Gasteiger partial charge in [0.05, 0.1) is 5.41 Å². The third-order valence-electron chi connectivity index (χ3n) is 6.74. The van der Waals surface area contributed by atoms with Crippen LogP contribution < -0.4 is 0 Å². The van der Waals surface area contributed by atoms with Gasteiger partial charge in [0.15, 0.2) is 0 Å². The van der Waals surface area contributed by atoms with E-state index >= 15 is 0 Å². The number of carbonyl (C=O) groups is 1. The Morgan fingerprint density at radius 2 is 2.00 bits per heavy atom. The predicted molar refractivity (Wildman–Crippen MR) is 89.6 cm³/mol. The summed E-state index contributed by atoms with van der Waals surface area (Å²) in [6.45, 7) is 10.5. The van der Waals surface area contributed by atoms with Crippen LogP contribution in [0, 0.1) is 16.7 Å². The number of carboxylic acid groups (broad SMARTS) is 1. The Morgan fingerprint density at radius 1 is 1.27 bits per heavy atom. The molecule has 2 heteroatoms. The summed E-state index contributed by atoms with van der Waals surface area (Å²) in [4.78, 5) is 11.9. The molecule has 0 aliphatic heterocycles. The molecule has 0 spiro atoms. The molecule has 0 bridgehead atoms. The molecule has 3 aliphatic carbocycles. The lowest BCUT2D eigenvalue weighted by atomic mass is 9.48. The van der Waals surface area contributed by atoms with E-state index in [4.69, 9.17) is 0 Å². The van der Waals surface area contributed by atoms with Crippen LogP contribution in [-0.4, -0.2) is 11.1 Å². The largest absolute Gasteiger partial charge is 0.481 e. The van der Waals surface area contributed by atoms with Crippen molar-refractivity contribution in [3.05, 3.63) is 34.9 Å². The van der Waals surface area contributed by atoms with Gasteiger partial charge >= 0.3 is 5.97 Å². The fourth-order valence-corrected chi connectivity index (χ4v) is 5.43. The molecule has 0 aromatic heterocycles. The van der Waals surface area contributed by atoms with Crippen LogP contribution in [0.5, 0.6) is 0 Å². The second-order valence-corrected chi connectivity index (χ2v) is 8.04. The van der Waals surface area contributed by atoms with E-state index in [0.717, 1.165) is 44.9 Å². The highest BCUT2D eigenvalue weighted by molar-refractivity contribution is 5.75. The summed E-state index contributed by atoms with van der Waals surface area (Å²) in [5, 5.41) is 9.82. The molecule has 3 atom stereocenters. The van der Waals surface area contributed by atoms with Crippen LogP contribution in [0.15, 0.2) is 34.9 Å². The maximum absolute atomic E-state index is 11.9. The van der Waals surface area contributed by atoms with Gasteiger partial charge in [0.2, 0.25) is 0 Å². The third kappa shape index (κ3) is 2.11. The van der Waals surface area contributed by atoms with Gasteiger partial charge in [0, 0.05) is 0 Å². The molecule has 3 rings (SSSR count). The van der Waals surface area contributed by atoms with Crippen molar-refractivity contribution in [2.24, 2.45) is 16.7 Å². The van der Waals surface area contributed by atoms with Crippen molar-refractivity contribution in [3.63, 3.8) is 0 Å². The van der Waals surface area contributed by atoms with Crippen LogP contribution in [0.4, 0.5) is 0 Å².